The monoisotopic (exact) mass is 356 g/mol. The standard InChI is InChI=1S/C20H20O6/c1-13-18(26-20(23)15-10-6-3-7-11-15)16(12-17(21)24-13)25-19(22)14-8-4-2-5-9-14/h2-11,13,16-18,21H,12H2,1H3/t13?,16?,17-,18-/m1/s1. The summed E-state index contributed by atoms with van der Waals surface area (Å²) in [6.07, 6.45) is -3.33. The first-order chi connectivity index (χ1) is 12.5. The van der Waals surface area contributed by atoms with E-state index in [-0.39, 0.29) is 6.42 Å². The van der Waals surface area contributed by atoms with Crippen molar-refractivity contribution in [1.29, 1.82) is 0 Å². The Balaban J connectivity index is 1.74. The summed E-state index contributed by atoms with van der Waals surface area (Å²) in [7, 11) is 0. The lowest BCUT2D eigenvalue weighted by Crippen LogP contribution is -2.51. The number of esters is 2. The molecule has 4 atom stereocenters. The van der Waals surface area contributed by atoms with Crippen LogP contribution in [0, 0.1) is 0 Å². The first-order valence-corrected chi connectivity index (χ1v) is 8.40. The van der Waals surface area contributed by atoms with E-state index in [1.165, 1.54) is 0 Å². The van der Waals surface area contributed by atoms with E-state index in [9.17, 15) is 14.7 Å². The second-order valence-corrected chi connectivity index (χ2v) is 6.08. The molecular formula is C20H20O6. The van der Waals surface area contributed by atoms with E-state index in [4.69, 9.17) is 14.2 Å². The Morgan fingerprint density at radius 3 is 1.96 bits per heavy atom. The summed E-state index contributed by atoms with van der Waals surface area (Å²) in [4.78, 5) is 24.7. The summed E-state index contributed by atoms with van der Waals surface area (Å²) < 4.78 is 16.4. The number of aliphatic hydroxyl groups is 1. The maximum absolute atomic E-state index is 12.4. The maximum atomic E-state index is 12.4. The summed E-state index contributed by atoms with van der Waals surface area (Å²) in [5, 5.41) is 9.85. The van der Waals surface area contributed by atoms with Crippen LogP contribution in [0.25, 0.3) is 0 Å². The van der Waals surface area contributed by atoms with E-state index in [0.717, 1.165) is 0 Å². The van der Waals surface area contributed by atoms with Crippen LogP contribution >= 0.6 is 0 Å². The fourth-order valence-electron chi connectivity index (χ4n) is 2.85. The molecule has 3 rings (SSSR count). The average Bonchev–Trinajstić information content (AvgIpc) is 2.65. The second kappa shape index (κ2) is 8.12. The number of hydrogen-bond acceptors (Lipinski definition) is 6. The summed E-state index contributed by atoms with van der Waals surface area (Å²) in [6.45, 7) is 1.66. The van der Waals surface area contributed by atoms with Crippen LogP contribution in [0.4, 0.5) is 0 Å². The molecule has 0 saturated carbocycles. The van der Waals surface area contributed by atoms with Gasteiger partial charge in [0.1, 0.15) is 6.10 Å². The Hall–Kier alpha value is -2.70. The van der Waals surface area contributed by atoms with E-state index in [1.807, 2.05) is 0 Å². The van der Waals surface area contributed by atoms with E-state index in [1.54, 1.807) is 67.6 Å². The number of aliphatic hydroxyl groups excluding tert-OH is 1. The maximum Gasteiger partial charge on any atom is 0.338 e. The number of rotatable bonds is 4. The first kappa shape index (κ1) is 18.1. The molecule has 1 saturated heterocycles. The SMILES string of the molecule is CC1O[C@@H](O)CC(OC(=O)c2ccccc2)[C@@H]1OC(=O)c1ccccc1. The molecule has 1 fully saturated rings. The molecule has 0 radical (unpaired) electrons. The lowest BCUT2D eigenvalue weighted by Gasteiger charge is -2.37. The van der Waals surface area contributed by atoms with Gasteiger partial charge in [-0.2, -0.15) is 0 Å². The minimum absolute atomic E-state index is 0.0235. The minimum atomic E-state index is -1.09. The zero-order valence-corrected chi connectivity index (χ0v) is 14.3. The smallest absolute Gasteiger partial charge is 0.338 e. The van der Waals surface area contributed by atoms with Gasteiger partial charge in [0.2, 0.25) is 0 Å². The number of hydrogen-bond donors (Lipinski definition) is 1. The number of benzene rings is 2. The van der Waals surface area contributed by atoms with Gasteiger partial charge in [0.05, 0.1) is 17.2 Å². The molecular weight excluding hydrogens is 336 g/mol. The molecule has 136 valence electrons. The van der Waals surface area contributed by atoms with Gasteiger partial charge in [-0.05, 0) is 31.2 Å². The van der Waals surface area contributed by atoms with E-state index < -0.39 is 36.5 Å². The molecule has 2 unspecified atom stereocenters. The minimum Gasteiger partial charge on any atom is -0.455 e. The highest BCUT2D eigenvalue weighted by Gasteiger charge is 2.41. The van der Waals surface area contributed by atoms with Gasteiger partial charge in [0.25, 0.3) is 0 Å². The fourth-order valence-corrected chi connectivity index (χ4v) is 2.85. The summed E-state index contributed by atoms with van der Waals surface area (Å²) in [5.41, 5.74) is 0.772. The lowest BCUT2D eigenvalue weighted by atomic mass is 10.0. The predicted octanol–water partition coefficient (Wildman–Crippen LogP) is 2.56. The zero-order chi connectivity index (χ0) is 18.5. The number of carbonyl (C=O) groups is 2. The van der Waals surface area contributed by atoms with Crippen molar-refractivity contribution in [2.75, 3.05) is 0 Å². The van der Waals surface area contributed by atoms with Crippen LogP contribution in [0.2, 0.25) is 0 Å². The average molecular weight is 356 g/mol. The molecule has 6 heteroatoms. The summed E-state index contributed by atoms with van der Waals surface area (Å²) in [5.74, 6) is -1.08. The molecule has 0 aromatic heterocycles. The van der Waals surface area contributed by atoms with Crippen molar-refractivity contribution in [1.82, 2.24) is 0 Å². The molecule has 1 heterocycles. The highest BCUT2D eigenvalue weighted by Crippen LogP contribution is 2.26. The van der Waals surface area contributed by atoms with Gasteiger partial charge in [0, 0.05) is 6.42 Å². The third kappa shape index (κ3) is 4.28. The van der Waals surface area contributed by atoms with Gasteiger partial charge in [-0.15, -0.1) is 0 Å². The molecule has 0 spiro atoms. The second-order valence-electron chi connectivity index (χ2n) is 6.08. The Bertz CT molecular complexity index is 745. The normalized spacial score (nSPS) is 25.3. The highest BCUT2D eigenvalue weighted by atomic mass is 16.7. The molecule has 1 N–H and O–H groups in total. The lowest BCUT2D eigenvalue weighted by molar-refractivity contribution is -0.226. The molecule has 2 aromatic carbocycles. The predicted molar refractivity (Wildman–Crippen MR) is 92.5 cm³/mol. The van der Waals surface area contributed by atoms with Gasteiger partial charge in [-0.3, -0.25) is 0 Å². The van der Waals surface area contributed by atoms with E-state index in [0.29, 0.717) is 11.1 Å². The largest absolute Gasteiger partial charge is 0.455 e. The molecule has 0 aliphatic carbocycles. The van der Waals surface area contributed by atoms with Crippen LogP contribution in [0.5, 0.6) is 0 Å². The summed E-state index contributed by atoms with van der Waals surface area (Å²) >= 11 is 0. The van der Waals surface area contributed by atoms with E-state index >= 15 is 0 Å². The quantitative estimate of drug-likeness (QED) is 0.848. The van der Waals surface area contributed by atoms with Crippen molar-refractivity contribution in [3.63, 3.8) is 0 Å². The Labute approximate surface area is 151 Å². The van der Waals surface area contributed by atoms with Gasteiger partial charge in [-0.1, -0.05) is 36.4 Å². The van der Waals surface area contributed by atoms with Gasteiger partial charge < -0.3 is 19.3 Å². The number of ether oxygens (including phenoxy) is 3. The van der Waals surface area contributed by atoms with Crippen LogP contribution in [-0.2, 0) is 14.2 Å². The van der Waals surface area contributed by atoms with Crippen molar-refractivity contribution in [3.8, 4) is 0 Å². The fraction of sp³-hybridized carbons (Fsp3) is 0.300. The topological polar surface area (TPSA) is 82.1 Å². The van der Waals surface area contributed by atoms with Crippen LogP contribution in [0.3, 0.4) is 0 Å². The highest BCUT2D eigenvalue weighted by molar-refractivity contribution is 5.90. The van der Waals surface area contributed by atoms with Crippen molar-refractivity contribution in [2.24, 2.45) is 0 Å². The van der Waals surface area contributed by atoms with Gasteiger partial charge in [0.15, 0.2) is 12.4 Å². The third-order valence-electron chi connectivity index (χ3n) is 4.16. The van der Waals surface area contributed by atoms with Crippen LogP contribution < -0.4 is 0 Å². The van der Waals surface area contributed by atoms with Crippen molar-refractivity contribution >= 4 is 11.9 Å². The zero-order valence-electron chi connectivity index (χ0n) is 14.3. The van der Waals surface area contributed by atoms with Crippen molar-refractivity contribution < 1.29 is 28.9 Å². The number of carbonyl (C=O) groups excluding carboxylic acids is 2. The van der Waals surface area contributed by atoms with Crippen LogP contribution in [0.15, 0.2) is 60.7 Å². The molecule has 26 heavy (non-hydrogen) atoms. The molecule has 2 aromatic rings. The van der Waals surface area contributed by atoms with E-state index in [2.05, 4.69) is 0 Å². The molecule has 1 aliphatic rings. The molecule has 0 bridgehead atoms. The Kier molecular flexibility index (Phi) is 5.65. The molecule has 1 aliphatic heterocycles. The first-order valence-electron chi connectivity index (χ1n) is 8.40. The van der Waals surface area contributed by atoms with Crippen LogP contribution in [-0.4, -0.2) is 41.6 Å². The Morgan fingerprint density at radius 1 is 0.923 bits per heavy atom. The third-order valence-corrected chi connectivity index (χ3v) is 4.16. The van der Waals surface area contributed by atoms with Gasteiger partial charge in [-0.25, -0.2) is 9.59 Å². The van der Waals surface area contributed by atoms with Crippen molar-refractivity contribution in [3.05, 3.63) is 71.8 Å². The summed E-state index contributed by atoms with van der Waals surface area (Å²) in [6, 6.07) is 17.0. The van der Waals surface area contributed by atoms with Gasteiger partial charge >= 0.3 is 11.9 Å². The van der Waals surface area contributed by atoms with Crippen LogP contribution in [0.1, 0.15) is 34.1 Å². The Morgan fingerprint density at radius 2 is 1.42 bits per heavy atom. The molecule has 6 nitrogen and oxygen atoms in total. The molecule has 0 amide bonds. The van der Waals surface area contributed by atoms with Crippen molar-refractivity contribution in [2.45, 2.75) is 37.9 Å².